The molecule has 0 saturated carbocycles. The lowest BCUT2D eigenvalue weighted by Crippen LogP contribution is -2.10. The Labute approximate surface area is 138 Å². The van der Waals surface area contributed by atoms with Gasteiger partial charge in [-0.15, -0.1) is 0 Å². The van der Waals surface area contributed by atoms with E-state index >= 15 is 0 Å². The zero-order valence-corrected chi connectivity index (χ0v) is 14.2. The molecule has 3 rings (SSSR count). The summed E-state index contributed by atoms with van der Waals surface area (Å²) in [5, 5.41) is 9.62. The van der Waals surface area contributed by atoms with Crippen LogP contribution >= 0.6 is 0 Å². The number of nitrogens with one attached hydrogen (secondary N) is 1. The predicted molar refractivity (Wildman–Crippen MR) is 90.6 cm³/mol. The molecular formula is C17H19N3O2S. The monoisotopic (exact) mass is 329 g/mol. The van der Waals surface area contributed by atoms with Gasteiger partial charge in [-0.05, 0) is 55.2 Å². The second-order valence-electron chi connectivity index (χ2n) is 5.68. The summed E-state index contributed by atoms with van der Waals surface area (Å²) >= 11 is -1.29. The van der Waals surface area contributed by atoms with E-state index in [2.05, 4.69) is 21.9 Å². The van der Waals surface area contributed by atoms with Crippen LogP contribution in [0.5, 0.6) is 0 Å². The van der Waals surface area contributed by atoms with Crippen molar-refractivity contribution >= 4 is 22.2 Å². The van der Waals surface area contributed by atoms with Crippen LogP contribution in [0.2, 0.25) is 0 Å². The Morgan fingerprint density at radius 2 is 2.00 bits per heavy atom. The summed E-state index contributed by atoms with van der Waals surface area (Å²) in [6, 6.07) is 5.46. The number of aromatic nitrogens is 3. The Kier molecular flexibility index (Phi) is 4.39. The lowest BCUT2D eigenvalue weighted by Gasteiger charge is -2.11. The highest BCUT2D eigenvalue weighted by Gasteiger charge is 2.20. The van der Waals surface area contributed by atoms with Crippen LogP contribution in [0.4, 0.5) is 0 Å². The van der Waals surface area contributed by atoms with E-state index in [0.29, 0.717) is 16.4 Å². The minimum Gasteiger partial charge on any atom is -0.609 e. The number of aliphatic hydroxyl groups is 1. The van der Waals surface area contributed by atoms with E-state index in [1.54, 1.807) is 6.07 Å². The summed E-state index contributed by atoms with van der Waals surface area (Å²) in [6.07, 6.45) is 1.82. The van der Waals surface area contributed by atoms with Crippen LogP contribution in [0, 0.1) is 20.8 Å². The van der Waals surface area contributed by atoms with E-state index < -0.39 is 11.2 Å². The number of aromatic amines is 1. The largest absolute Gasteiger partial charge is 0.609 e. The molecule has 3 aromatic rings. The Morgan fingerprint density at radius 3 is 2.74 bits per heavy atom. The van der Waals surface area contributed by atoms with Gasteiger partial charge in [-0.25, -0.2) is 0 Å². The van der Waals surface area contributed by atoms with Crippen LogP contribution in [0.3, 0.4) is 0 Å². The fourth-order valence-electron chi connectivity index (χ4n) is 2.45. The minimum atomic E-state index is -1.29. The molecule has 0 unspecified atom stereocenters. The summed E-state index contributed by atoms with van der Waals surface area (Å²) in [5.41, 5.74) is 6.55. The van der Waals surface area contributed by atoms with Gasteiger partial charge in [-0.1, -0.05) is 6.07 Å². The third kappa shape index (κ3) is 3.10. The van der Waals surface area contributed by atoms with Crippen molar-refractivity contribution in [3.8, 4) is 0 Å². The third-order valence-corrected chi connectivity index (χ3v) is 5.35. The Bertz CT molecular complexity index is 860. The molecule has 0 aliphatic carbocycles. The molecule has 0 amide bonds. The van der Waals surface area contributed by atoms with Crippen molar-refractivity contribution in [2.24, 2.45) is 0 Å². The van der Waals surface area contributed by atoms with Crippen molar-refractivity contribution in [2.75, 3.05) is 0 Å². The molecule has 6 heteroatoms. The van der Waals surface area contributed by atoms with Crippen molar-refractivity contribution in [3.63, 3.8) is 0 Å². The fourth-order valence-corrected chi connectivity index (χ4v) is 3.55. The van der Waals surface area contributed by atoms with Gasteiger partial charge in [0.2, 0.25) is 0 Å². The molecule has 0 radical (unpaired) electrons. The second-order valence-corrected chi connectivity index (χ2v) is 7.05. The topological polar surface area (TPSA) is 84.9 Å². The van der Waals surface area contributed by atoms with Gasteiger partial charge in [0.15, 0.2) is 5.75 Å². The molecule has 0 fully saturated rings. The van der Waals surface area contributed by atoms with Crippen molar-refractivity contribution < 1.29 is 9.66 Å². The number of aryl methyl sites for hydroxylation is 1. The lowest BCUT2D eigenvalue weighted by molar-refractivity contribution is 0.282. The van der Waals surface area contributed by atoms with Crippen LogP contribution in [-0.2, 0) is 23.5 Å². The van der Waals surface area contributed by atoms with E-state index in [9.17, 15) is 9.66 Å². The first-order valence-corrected chi connectivity index (χ1v) is 8.71. The van der Waals surface area contributed by atoms with E-state index in [-0.39, 0.29) is 6.61 Å². The van der Waals surface area contributed by atoms with Crippen molar-refractivity contribution in [3.05, 3.63) is 52.3 Å². The molecule has 5 nitrogen and oxygen atoms in total. The molecule has 2 aromatic heterocycles. The van der Waals surface area contributed by atoms with Crippen molar-refractivity contribution in [2.45, 2.75) is 38.3 Å². The Morgan fingerprint density at radius 1 is 1.22 bits per heavy atom. The van der Waals surface area contributed by atoms with Gasteiger partial charge in [0.25, 0.3) is 0 Å². The summed E-state index contributed by atoms with van der Waals surface area (Å²) in [7, 11) is 0. The molecule has 0 bridgehead atoms. The average molecular weight is 329 g/mol. The molecule has 0 aliphatic heterocycles. The Hall–Kier alpha value is -1.89. The van der Waals surface area contributed by atoms with E-state index in [1.807, 2.05) is 32.2 Å². The number of nitrogens with zero attached hydrogens (tertiary/aromatic N) is 2. The highest BCUT2D eigenvalue weighted by Crippen LogP contribution is 2.22. The second kappa shape index (κ2) is 6.31. The number of rotatable bonds is 4. The number of pyridine rings is 1. The Balaban J connectivity index is 1.88. The molecule has 1 atom stereocenters. The fraction of sp³-hybridized carbons (Fsp3) is 0.294. The number of aliphatic hydroxyl groups excluding tert-OH is 1. The van der Waals surface area contributed by atoms with E-state index in [4.69, 9.17) is 0 Å². The maximum absolute atomic E-state index is 12.6. The first-order valence-electron chi connectivity index (χ1n) is 7.39. The SMILES string of the molecule is Cc1cnc(C[S@+]([O-])c2nc3cc(CO)ccc3[nH]2)c(C)c1C. The van der Waals surface area contributed by atoms with Gasteiger partial charge in [0, 0.05) is 17.4 Å². The lowest BCUT2D eigenvalue weighted by atomic mass is 10.1. The summed E-state index contributed by atoms with van der Waals surface area (Å²) < 4.78 is 12.6. The van der Waals surface area contributed by atoms with Crippen LogP contribution in [-0.4, -0.2) is 24.6 Å². The molecule has 23 heavy (non-hydrogen) atoms. The highest BCUT2D eigenvalue weighted by atomic mass is 32.2. The molecule has 0 aliphatic rings. The van der Waals surface area contributed by atoms with Gasteiger partial charge < -0.3 is 9.66 Å². The number of hydrogen-bond donors (Lipinski definition) is 2. The van der Waals surface area contributed by atoms with Gasteiger partial charge in [-0.2, -0.15) is 4.98 Å². The van der Waals surface area contributed by atoms with Crippen molar-refractivity contribution in [1.29, 1.82) is 0 Å². The minimum absolute atomic E-state index is 0.0347. The predicted octanol–water partition coefficient (Wildman–Crippen LogP) is 2.68. The quantitative estimate of drug-likeness (QED) is 0.721. The molecule has 2 heterocycles. The maximum atomic E-state index is 12.6. The highest BCUT2D eigenvalue weighted by molar-refractivity contribution is 7.90. The molecule has 2 N–H and O–H groups in total. The standard InChI is InChI=1S/C17H19N3O2S/c1-10-7-18-16(12(3)11(10)2)9-23(22)17-19-14-5-4-13(8-21)6-15(14)20-17/h4-7,21H,8-9H2,1-3H3,(H,19,20)/t23-/m0/s1. The number of benzene rings is 1. The van der Waals surface area contributed by atoms with Crippen LogP contribution in [0.15, 0.2) is 29.6 Å². The van der Waals surface area contributed by atoms with E-state index in [1.165, 1.54) is 5.56 Å². The smallest absolute Gasteiger partial charge is 0.322 e. The van der Waals surface area contributed by atoms with Gasteiger partial charge >= 0.3 is 5.16 Å². The zero-order valence-electron chi connectivity index (χ0n) is 13.4. The van der Waals surface area contributed by atoms with Crippen LogP contribution < -0.4 is 0 Å². The van der Waals surface area contributed by atoms with E-state index in [0.717, 1.165) is 27.9 Å². The normalized spacial score (nSPS) is 12.7. The van der Waals surface area contributed by atoms with Gasteiger partial charge in [-0.3, -0.25) is 9.97 Å². The zero-order chi connectivity index (χ0) is 16.6. The number of H-pyrrole nitrogens is 1. The number of imidazole rings is 1. The summed E-state index contributed by atoms with van der Waals surface area (Å²) in [6.45, 7) is 6.05. The average Bonchev–Trinajstić information content (AvgIpc) is 2.98. The number of hydrogen-bond acceptors (Lipinski definition) is 4. The summed E-state index contributed by atoms with van der Waals surface area (Å²) in [5.74, 6) is 0.333. The molecule has 0 spiro atoms. The molecule has 1 aromatic carbocycles. The first-order chi connectivity index (χ1) is 11.0. The van der Waals surface area contributed by atoms with Crippen LogP contribution in [0.1, 0.15) is 27.9 Å². The third-order valence-electron chi connectivity index (χ3n) is 4.19. The van der Waals surface area contributed by atoms with Crippen molar-refractivity contribution in [1.82, 2.24) is 15.0 Å². The number of fused-ring (bicyclic) bond motifs is 1. The maximum Gasteiger partial charge on any atom is 0.322 e. The molecule has 0 saturated heterocycles. The molecular weight excluding hydrogens is 310 g/mol. The van der Waals surface area contributed by atoms with Crippen LogP contribution in [0.25, 0.3) is 11.0 Å². The summed E-state index contributed by atoms with van der Waals surface area (Å²) in [4.78, 5) is 11.9. The van der Waals surface area contributed by atoms with Gasteiger partial charge in [0.1, 0.15) is 0 Å². The molecule has 120 valence electrons. The first kappa shape index (κ1) is 16.0. The van der Waals surface area contributed by atoms with Gasteiger partial charge in [0.05, 0.1) is 23.3 Å².